The zero-order chi connectivity index (χ0) is 20.1. The molecule has 0 atom stereocenters. The van der Waals surface area contributed by atoms with Gasteiger partial charge in [0.05, 0.1) is 29.4 Å². The van der Waals surface area contributed by atoms with Gasteiger partial charge in [-0.3, -0.25) is 9.59 Å². The van der Waals surface area contributed by atoms with Gasteiger partial charge in [-0.05, 0) is 26.3 Å². The minimum absolute atomic E-state index is 0.0678. The maximum absolute atomic E-state index is 12.8. The van der Waals surface area contributed by atoms with Crippen LogP contribution in [0.1, 0.15) is 43.6 Å². The highest BCUT2D eigenvalue weighted by Crippen LogP contribution is 2.26. The Hall–Kier alpha value is -3.22. The quantitative estimate of drug-likeness (QED) is 0.661. The number of pyridine rings is 1. The summed E-state index contributed by atoms with van der Waals surface area (Å²) in [6.07, 6.45) is 2.50. The highest BCUT2D eigenvalue weighted by Gasteiger charge is 2.19. The van der Waals surface area contributed by atoms with E-state index in [1.165, 1.54) is 0 Å². The van der Waals surface area contributed by atoms with Crippen molar-refractivity contribution in [2.45, 2.75) is 33.2 Å². The van der Waals surface area contributed by atoms with Gasteiger partial charge in [-0.1, -0.05) is 37.3 Å². The minimum Gasteiger partial charge on any atom is -0.355 e. The summed E-state index contributed by atoms with van der Waals surface area (Å²) < 4.78 is 1.80. The van der Waals surface area contributed by atoms with Crippen LogP contribution in [0.3, 0.4) is 0 Å². The number of hydrogen-bond acceptors (Lipinski definition) is 4. The summed E-state index contributed by atoms with van der Waals surface area (Å²) in [7, 11) is 0. The lowest BCUT2D eigenvalue weighted by molar-refractivity contribution is -0.120. The Morgan fingerprint density at radius 2 is 1.89 bits per heavy atom. The Morgan fingerprint density at radius 1 is 1.14 bits per heavy atom. The molecule has 3 aromatic rings. The van der Waals surface area contributed by atoms with Crippen molar-refractivity contribution >= 4 is 22.8 Å². The largest absolute Gasteiger partial charge is 0.355 e. The summed E-state index contributed by atoms with van der Waals surface area (Å²) in [6.45, 7) is 6.53. The number of aromatic nitrogens is 3. The predicted molar refractivity (Wildman–Crippen MR) is 109 cm³/mol. The molecule has 0 bridgehead atoms. The standard InChI is InChI=1S/C21H25N5O2/c1-4-10-22-19(27)13-23-21(28)16-11-18(15-8-6-5-7-9-15)25-20-17(16)12-24-26(20)14(2)3/h5-9,11-12,14H,4,10,13H2,1-3H3,(H,22,27)(H,23,28). The molecule has 7 nitrogen and oxygen atoms in total. The molecule has 146 valence electrons. The molecular formula is C21H25N5O2. The maximum atomic E-state index is 12.8. The van der Waals surface area contributed by atoms with Gasteiger partial charge in [0.1, 0.15) is 0 Å². The van der Waals surface area contributed by atoms with Crippen LogP contribution in [0.5, 0.6) is 0 Å². The lowest BCUT2D eigenvalue weighted by Gasteiger charge is -2.11. The average molecular weight is 379 g/mol. The number of benzene rings is 1. The number of nitrogens with one attached hydrogen (secondary N) is 2. The highest BCUT2D eigenvalue weighted by molar-refractivity contribution is 6.07. The Kier molecular flexibility index (Phi) is 6.03. The van der Waals surface area contributed by atoms with Crippen LogP contribution < -0.4 is 10.6 Å². The molecule has 0 aliphatic heterocycles. The number of hydrogen-bond donors (Lipinski definition) is 2. The summed E-state index contributed by atoms with van der Waals surface area (Å²) in [6, 6.07) is 11.5. The zero-order valence-electron chi connectivity index (χ0n) is 16.4. The molecule has 2 N–H and O–H groups in total. The molecule has 0 saturated heterocycles. The van der Waals surface area contributed by atoms with Gasteiger partial charge in [0.25, 0.3) is 5.91 Å². The maximum Gasteiger partial charge on any atom is 0.252 e. The molecule has 0 saturated carbocycles. The number of nitrogens with zero attached hydrogens (tertiary/aromatic N) is 3. The van der Waals surface area contributed by atoms with E-state index in [-0.39, 0.29) is 24.4 Å². The number of amides is 2. The molecule has 0 aliphatic rings. The minimum atomic E-state index is -0.320. The summed E-state index contributed by atoms with van der Waals surface area (Å²) in [5.41, 5.74) is 2.71. The van der Waals surface area contributed by atoms with Crippen LogP contribution in [-0.4, -0.2) is 39.7 Å². The molecule has 1 aromatic carbocycles. The first-order valence-electron chi connectivity index (χ1n) is 9.49. The second-order valence-corrected chi connectivity index (χ2v) is 6.87. The summed E-state index contributed by atoms with van der Waals surface area (Å²) in [5.74, 6) is -0.527. The third kappa shape index (κ3) is 4.19. The third-order valence-corrected chi connectivity index (χ3v) is 4.35. The second kappa shape index (κ2) is 8.65. The van der Waals surface area contributed by atoms with Gasteiger partial charge in [-0.25, -0.2) is 9.67 Å². The van der Waals surface area contributed by atoms with E-state index in [0.29, 0.717) is 28.8 Å². The summed E-state index contributed by atoms with van der Waals surface area (Å²) in [4.78, 5) is 29.4. The van der Waals surface area contributed by atoms with Crippen molar-refractivity contribution in [3.63, 3.8) is 0 Å². The van der Waals surface area contributed by atoms with Crippen LogP contribution in [0.4, 0.5) is 0 Å². The highest BCUT2D eigenvalue weighted by atomic mass is 16.2. The van der Waals surface area contributed by atoms with E-state index >= 15 is 0 Å². The molecule has 0 radical (unpaired) electrons. The molecule has 2 heterocycles. The molecule has 3 rings (SSSR count). The fourth-order valence-corrected chi connectivity index (χ4v) is 2.92. The topological polar surface area (TPSA) is 88.9 Å². The molecule has 7 heteroatoms. The summed E-state index contributed by atoms with van der Waals surface area (Å²) >= 11 is 0. The van der Waals surface area contributed by atoms with Crippen molar-refractivity contribution in [3.8, 4) is 11.3 Å². The van der Waals surface area contributed by atoms with Crippen LogP contribution >= 0.6 is 0 Å². The third-order valence-electron chi connectivity index (χ3n) is 4.35. The monoisotopic (exact) mass is 379 g/mol. The molecule has 0 unspecified atom stereocenters. The smallest absolute Gasteiger partial charge is 0.252 e. The lowest BCUT2D eigenvalue weighted by atomic mass is 10.1. The van der Waals surface area contributed by atoms with Crippen molar-refractivity contribution in [3.05, 3.63) is 48.2 Å². The van der Waals surface area contributed by atoms with Crippen molar-refractivity contribution in [1.82, 2.24) is 25.4 Å². The van der Waals surface area contributed by atoms with Crippen LogP contribution in [0, 0.1) is 0 Å². The molecule has 0 fully saturated rings. The fourth-order valence-electron chi connectivity index (χ4n) is 2.92. The Balaban J connectivity index is 1.98. The first-order valence-corrected chi connectivity index (χ1v) is 9.49. The van der Waals surface area contributed by atoms with Gasteiger partial charge < -0.3 is 10.6 Å². The molecule has 2 amide bonds. The van der Waals surface area contributed by atoms with Gasteiger partial charge >= 0.3 is 0 Å². The Labute approximate surface area is 164 Å². The van der Waals surface area contributed by atoms with Crippen molar-refractivity contribution in [1.29, 1.82) is 0 Å². The van der Waals surface area contributed by atoms with E-state index in [1.54, 1.807) is 16.9 Å². The van der Waals surface area contributed by atoms with Crippen molar-refractivity contribution in [2.75, 3.05) is 13.1 Å². The second-order valence-electron chi connectivity index (χ2n) is 6.87. The first kappa shape index (κ1) is 19.5. The zero-order valence-corrected chi connectivity index (χ0v) is 16.4. The van der Waals surface area contributed by atoms with Crippen molar-refractivity contribution < 1.29 is 9.59 Å². The van der Waals surface area contributed by atoms with Gasteiger partial charge in [-0.2, -0.15) is 5.10 Å². The van der Waals surface area contributed by atoms with Crippen LogP contribution in [-0.2, 0) is 4.79 Å². The number of fused-ring (bicyclic) bond motifs is 1. The van der Waals surface area contributed by atoms with E-state index < -0.39 is 0 Å². The number of carbonyl (C=O) groups excluding carboxylic acids is 2. The normalized spacial score (nSPS) is 11.0. The van der Waals surface area contributed by atoms with Crippen LogP contribution in [0.2, 0.25) is 0 Å². The van der Waals surface area contributed by atoms with Crippen LogP contribution in [0.25, 0.3) is 22.3 Å². The van der Waals surface area contributed by atoms with Gasteiger partial charge in [-0.15, -0.1) is 0 Å². The molecule has 2 aromatic heterocycles. The van der Waals surface area contributed by atoms with E-state index in [1.807, 2.05) is 51.1 Å². The van der Waals surface area contributed by atoms with E-state index in [4.69, 9.17) is 4.98 Å². The average Bonchev–Trinajstić information content (AvgIpc) is 3.14. The fraction of sp³-hybridized carbons (Fsp3) is 0.333. The van der Waals surface area contributed by atoms with Crippen LogP contribution in [0.15, 0.2) is 42.6 Å². The summed E-state index contributed by atoms with van der Waals surface area (Å²) in [5, 5.41) is 10.5. The molecule has 0 aliphatic carbocycles. The first-order chi connectivity index (χ1) is 13.5. The lowest BCUT2D eigenvalue weighted by Crippen LogP contribution is -2.37. The Morgan fingerprint density at radius 3 is 2.57 bits per heavy atom. The predicted octanol–water partition coefficient (Wildman–Crippen LogP) is 2.94. The molecule has 0 spiro atoms. The molecule has 28 heavy (non-hydrogen) atoms. The SMILES string of the molecule is CCCNC(=O)CNC(=O)c1cc(-c2ccccc2)nc2c1cnn2C(C)C. The van der Waals surface area contributed by atoms with Gasteiger partial charge in [0.15, 0.2) is 5.65 Å². The van der Waals surface area contributed by atoms with Gasteiger partial charge in [0.2, 0.25) is 5.91 Å². The molecular weight excluding hydrogens is 354 g/mol. The Bertz CT molecular complexity index is 979. The number of carbonyl (C=O) groups is 2. The van der Waals surface area contributed by atoms with E-state index in [9.17, 15) is 9.59 Å². The number of rotatable bonds is 7. The van der Waals surface area contributed by atoms with E-state index in [2.05, 4.69) is 15.7 Å². The van der Waals surface area contributed by atoms with Crippen molar-refractivity contribution in [2.24, 2.45) is 0 Å². The van der Waals surface area contributed by atoms with E-state index in [0.717, 1.165) is 12.0 Å². The van der Waals surface area contributed by atoms with Gasteiger partial charge in [0, 0.05) is 18.2 Å².